The van der Waals surface area contributed by atoms with Crippen LogP contribution >= 0.6 is 0 Å². The third kappa shape index (κ3) is 3.55. The normalized spacial score (nSPS) is 12.7. The number of benzene rings is 1. The second kappa shape index (κ2) is 6.60. The van der Waals surface area contributed by atoms with Crippen LogP contribution in [-0.4, -0.2) is 10.2 Å². The van der Waals surface area contributed by atoms with Crippen LogP contribution in [0, 0.1) is 27.7 Å². The largest absolute Gasteiger partial charge is 0.155 e. The first-order chi connectivity index (χ1) is 10.3. The van der Waals surface area contributed by atoms with Crippen LogP contribution in [0.3, 0.4) is 0 Å². The van der Waals surface area contributed by atoms with E-state index < -0.39 is 0 Å². The molecule has 0 saturated heterocycles. The van der Waals surface area contributed by atoms with Gasteiger partial charge in [0.05, 0.1) is 11.4 Å². The van der Waals surface area contributed by atoms with Crippen LogP contribution < -0.4 is 0 Å². The van der Waals surface area contributed by atoms with Crippen molar-refractivity contribution in [1.29, 1.82) is 0 Å². The van der Waals surface area contributed by atoms with Crippen LogP contribution in [0.15, 0.2) is 18.2 Å². The fourth-order valence-corrected chi connectivity index (χ4v) is 3.38. The monoisotopic (exact) mass is 296 g/mol. The summed E-state index contributed by atoms with van der Waals surface area (Å²) in [5.74, 6) is 0.887. The molecule has 0 unspecified atom stereocenters. The maximum Gasteiger partial charge on any atom is 0.0666 e. The van der Waals surface area contributed by atoms with E-state index in [4.69, 9.17) is 0 Å². The van der Waals surface area contributed by atoms with E-state index in [0.29, 0.717) is 11.8 Å². The Morgan fingerprint density at radius 2 is 1.41 bits per heavy atom. The van der Waals surface area contributed by atoms with E-state index in [2.05, 4.69) is 76.9 Å². The molecule has 0 spiro atoms. The molecule has 1 heterocycles. The first-order valence-electron chi connectivity index (χ1n) is 8.20. The topological polar surface area (TPSA) is 25.8 Å². The van der Waals surface area contributed by atoms with E-state index in [-0.39, 0.29) is 0 Å². The molecule has 0 aliphatic carbocycles. The average Bonchev–Trinajstić information content (AvgIpc) is 2.39. The van der Waals surface area contributed by atoms with Gasteiger partial charge in [-0.3, -0.25) is 0 Å². The maximum atomic E-state index is 4.49. The Morgan fingerprint density at radius 1 is 0.818 bits per heavy atom. The van der Waals surface area contributed by atoms with Gasteiger partial charge in [-0.1, -0.05) is 38.5 Å². The zero-order chi connectivity index (χ0) is 16.4. The SMILES string of the molecule is Cc1cc(C)c([C@@H](C)Cc2nnc(C(C)C)cc2C)c(C)c1. The van der Waals surface area contributed by atoms with Gasteiger partial charge in [0.15, 0.2) is 0 Å². The molecule has 2 aromatic rings. The predicted octanol–water partition coefficient (Wildman–Crippen LogP) is 5.18. The van der Waals surface area contributed by atoms with Crippen LogP contribution in [0.25, 0.3) is 0 Å². The van der Waals surface area contributed by atoms with Crippen LogP contribution in [0.1, 0.15) is 71.8 Å². The van der Waals surface area contributed by atoms with Crippen LogP contribution in [0.4, 0.5) is 0 Å². The summed E-state index contributed by atoms with van der Waals surface area (Å²) in [6.07, 6.45) is 0.946. The third-order valence-electron chi connectivity index (χ3n) is 4.43. The number of aryl methyl sites for hydroxylation is 4. The van der Waals surface area contributed by atoms with E-state index in [9.17, 15) is 0 Å². The van der Waals surface area contributed by atoms with Crippen molar-refractivity contribution in [2.45, 2.75) is 66.7 Å². The molecule has 0 amide bonds. The Balaban J connectivity index is 2.28. The van der Waals surface area contributed by atoms with Gasteiger partial charge in [0.1, 0.15) is 0 Å². The molecule has 22 heavy (non-hydrogen) atoms. The molecule has 2 heteroatoms. The number of nitrogens with zero attached hydrogens (tertiary/aromatic N) is 2. The van der Waals surface area contributed by atoms with Crippen molar-refractivity contribution >= 4 is 0 Å². The van der Waals surface area contributed by atoms with Gasteiger partial charge in [-0.25, -0.2) is 0 Å². The Kier molecular flexibility index (Phi) is 5.00. The highest BCUT2D eigenvalue weighted by Crippen LogP contribution is 2.28. The van der Waals surface area contributed by atoms with Gasteiger partial charge in [0.2, 0.25) is 0 Å². The lowest BCUT2D eigenvalue weighted by atomic mass is 9.87. The predicted molar refractivity (Wildman–Crippen MR) is 93.6 cm³/mol. The summed E-state index contributed by atoms with van der Waals surface area (Å²) in [7, 11) is 0. The molecule has 0 N–H and O–H groups in total. The number of hydrogen-bond acceptors (Lipinski definition) is 2. The molecule has 1 atom stereocenters. The minimum atomic E-state index is 0.430. The highest BCUT2D eigenvalue weighted by Gasteiger charge is 2.15. The van der Waals surface area contributed by atoms with Crippen molar-refractivity contribution in [3.8, 4) is 0 Å². The molecule has 0 fully saturated rings. The molecule has 2 nitrogen and oxygen atoms in total. The molecule has 0 radical (unpaired) electrons. The highest BCUT2D eigenvalue weighted by molar-refractivity contribution is 5.40. The van der Waals surface area contributed by atoms with Gasteiger partial charge in [-0.05, 0) is 74.3 Å². The summed E-state index contributed by atoms with van der Waals surface area (Å²) in [4.78, 5) is 0. The lowest BCUT2D eigenvalue weighted by molar-refractivity contribution is 0.693. The Morgan fingerprint density at radius 3 is 1.91 bits per heavy atom. The molecule has 0 bridgehead atoms. The summed E-state index contributed by atoms with van der Waals surface area (Å²) in [5, 5.41) is 8.89. The lowest BCUT2D eigenvalue weighted by Gasteiger charge is -2.19. The Labute approximate surface area is 135 Å². The minimum absolute atomic E-state index is 0.430. The second-order valence-electron chi connectivity index (χ2n) is 6.97. The highest BCUT2D eigenvalue weighted by atomic mass is 15.1. The zero-order valence-corrected chi connectivity index (χ0v) is 15.0. The summed E-state index contributed by atoms with van der Waals surface area (Å²) in [6, 6.07) is 6.74. The summed E-state index contributed by atoms with van der Waals surface area (Å²) in [6.45, 7) is 15.3. The first kappa shape index (κ1) is 16.7. The smallest absolute Gasteiger partial charge is 0.0666 e. The average molecular weight is 296 g/mol. The zero-order valence-electron chi connectivity index (χ0n) is 15.0. The number of aromatic nitrogens is 2. The van der Waals surface area contributed by atoms with Gasteiger partial charge in [-0.15, -0.1) is 0 Å². The molecule has 0 saturated carbocycles. The third-order valence-corrected chi connectivity index (χ3v) is 4.43. The maximum absolute atomic E-state index is 4.49. The van der Waals surface area contributed by atoms with Gasteiger partial charge in [-0.2, -0.15) is 10.2 Å². The van der Waals surface area contributed by atoms with Gasteiger partial charge in [0, 0.05) is 0 Å². The molecular formula is C20H28N2. The molecule has 0 aliphatic rings. The van der Waals surface area contributed by atoms with Crippen molar-refractivity contribution in [2.75, 3.05) is 0 Å². The molecular weight excluding hydrogens is 268 g/mol. The van der Waals surface area contributed by atoms with Crippen molar-refractivity contribution in [3.63, 3.8) is 0 Å². The van der Waals surface area contributed by atoms with Crippen LogP contribution in [0.5, 0.6) is 0 Å². The summed E-state index contributed by atoms with van der Waals surface area (Å²) >= 11 is 0. The quantitative estimate of drug-likeness (QED) is 0.777. The number of hydrogen-bond donors (Lipinski definition) is 0. The van der Waals surface area contributed by atoms with E-state index >= 15 is 0 Å². The van der Waals surface area contributed by atoms with Crippen molar-refractivity contribution in [3.05, 3.63) is 57.4 Å². The molecule has 1 aromatic carbocycles. The van der Waals surface area contributed by atoms with E-state index in [0.717, 1.165) is 17.8 Å². The minimum Gasteiger partial charge on any atom is -0.155 e. The van der Waals surface area contributed by atoms with Crippen LogP contribution in [-0.2, 0) is 6.42 Å². The molecule has 2 rings (SSSR count). The molecule has 1 aromatic heterocycles. The second-order valence-corrected chi connectivity index (χ2v) is 6.97. The molecule has 0 aliphatic heterocycles. The lowest BCUT2D eigenvalue weighted by Crippen LogP contribution is -2.09. The first-order valence-corrected chi connectivity index (χ1v) is 8.20. The van der Waals surface area contributed by atoms with Gasteiger partial charge < -0.3 is 0 Å². The van der Waals surface area contributed by atoms with Gasteiger partial charge >= 0.3 is 0 Å². The fourth-order valence-electron chi connectivity index (χ4n) is 3.38. The van der Waals surface area contributed by atoms with Crippen molar-refractivity contribution in [1.82, 2.24) is 10.2 Å². The Hall–Kier alpha value is -1.70. The van der Waals surface area contributed by atoms with E-state index in [1.54, 1.807) is 0 Å². The fraction of sp³-hybridized carbons (Fsp3) is 0.500. The van der Waals surface area contributed by atoms with Gasteiger partial charge in [0.25, 0.3) is 0 Å². The van der Waals surface area contributed by atoms with E-state index in [1.807, 2.05) is 0 Å². The van der Waals surface area contributed by atoms with Crippen molar-refractivity contribution in [2.24, 2.45) is 0 Å². The van der Waals surface area contributed by atoms with Crippen LogP contribution in [0.2, 0.25) is 0 Å². The van der Waals surface area contributed by atoms with Crippen molar-refractivity contribution < 1.29 is 0 Å². The molecule has 118 valence electrons. The summed E-state index contributed by atoms with van der Waals surface area (Å²) in [5.41, 5.74) is 9.02. The number of rotatable bonds is 4. The Bertz CT molecular complexity index is 648. The standard InChI is InChI=1S/C20H28N2/c1-12(2)18-10-14(4)19(22-21-18)11-17(7)20-15(5)8-13(3)9-16(20)6/h8-10,12,17H,11H2,1-7H3/t17-/m0/s1. The van der Waals surface area contributed by atoms with E-state index in [1.165, 1.54) is 27.8 Å². The summed E-state index contributed by atoms with van der Waals surface area (Å²) < 4.78 is 0.